The second-order valence-electron chi connectivity index (χ2n) is 6.96. The molecule has 0 bridgehead atoms. The number of amides is 1. The number of quaternary nitrogens is 1. The molecule has 0 spiro atoms. The van der Waals surface area contributed by atoms with Gasteiger partial charge in [0.1, 0.15) is 13.1 Å². The number of hydrogen-bond donors (Lipinski definition) is 2. The van der Waals surface area contributed by atoms with Gasteiger partial charge >= 0.3 is 10.3 Å². The first-order valence-electron chi connectivity index (χ1n) is 9.41. The van der Waals surface area contributed by atoms with Crippen molar-refractivity contribution < 1.29 is 22.5 Å². The Morgan fingerprint density at radius 3 is 2.34 bits per heavy atom. The molecular formula is C20H26N3O5S+. The molecular weight excluding hydrogens is 394 g/mol. The predicted molar refractivity (Wildman–Crippen MR) is 112 cm³/mol. The fraction of sp³-hybridized carbons (Fsp3) is 0.350. The van der Waals surface area contributed by atoms with Crippen LogP contribution in [0.2, 0.25) is 0 Å². The number of ether oxygens (including phenoxy) is 1. The van der Waals surface area contributed by atoms with E-state index in [1.54, 1.807) is 24.3 Å². The highest BCUT2D eigenvalue weighted by Gasteiger charge is 2.47. The van der Waals surface area contributed by atoms with Crippen LogP contribution in [0.4, 0.5) is 11.4 Å². The zero-order chi connectivity index (χ0) is 20.9. The summed E-state index contributed by atoms with van der Waals surface area (Å²) in [6.07, 6.45) is 0.301. The Labute approximate surface area is 171 Å². The van der Waals surface area contributed by atoms with E-state index in [9.17, 15) is 17.8 Å². The van der Waals surface area contributed by atoms with Crippen LogP contribution in [0.15, 0.2) is 54.6 Å². The van der Waals surface area contributed by atoms with Crippen molar-refractivity contribution in [1.82, 2.24) is 8.79 Å². The third kappa shape index (κ3) is 4.76. The van der Waals surface area contributed by atoms with Gasteiger partial charge in [-0.15, -0.1) is 8.42 Å². The minimum atomic E-state index is -4.42. The summed E-state index contributed by atoms with van der Waals surface area (Å²) in [5, 5.41) is 2.84. The Morgan fingerprint density at radius 2 is 1.72 bits per heavy atom. The first-order valence-corrected chi connectivity index (χ1v) is 10.8. The summed E-state index contributed by atoms with van der Waals surface area (Å²) in [5.41, 5.74) is 1.16. The lowest BCUT2D eigenvalue weighted by atomic mass is 10.2. The summed E-state index contributed by atoms with van der Waals surface area (Å²) >= 11 is 0. The summed E-state index contributed by atoms with van der Waals surface area (Å²) in [7, 11) is -2.94. The third-order valence-electron chi connectivity index (χ3n) is 5.23. The normalized spacial score (nSPS) is 16.9. The van der Waals surface area contributed by atoms with Crippen LogP contribution >= 0.6 is 0 Å². The molecule has 2 N–H and O–H groups in total. The first-order chi connectivity index (χ1) is 13.9. The molecule has 2 aromatic carbocycles. The number of benzene rings is 2. The van der Waals surface area contributed by atoms with E-state index >= 15 is 0 Å². The standard InChI is InChI=1S/C20H25N3O5S/c1-28-19-10-6-5-9-18(19)23(29(25,26)27)15-13-22(14-16-23)12-11-20(24)21-17-7-3-2-4-8-17/h2-10H,11-16H2,1H3,(H-,21,24,25,26,27)/p+1. The van der Waals surface area contributed by atoms with Crippen molar-refractivity contribution in [3.63, 3.8) is 0 Å². The number of nitrogens with one attached hydrogen (secondary N) is 1. The molecule has 1 amide bonds. The van der Waals surface area contributed by atoms with Gasteiger partial charge in [-0.1, -0.05) is 30.3 Å². The zero-order valence-corrected chi connectivity index (χ0v) is 17.1. The largest absolute Gasteiger partial charge is 0.491 e. The average Bonchev–Trinajstić information content (AvgIpc) is 2.72. The first kappa shape index (κ1) is 21.3. The van der Waals surface area contributed by atoms with Crippen LogP contribution < -0.4 is 13.9 Å². The van der Waals surface area contributed by atoms with Gasteiger partial charge in [-0.25, -0.2) is 4.55 Å². The number of anilines is 1. The Morgan fingerprint density at radius 1 is 1.10 bits per heavy atom. The SMILES string of the molecule is COc1ccccc1[N+]1(S(=O)(=O)O)CCN(CCC(=O)Nc2ccccc2)CC1. The van der Waals surface area contributed by atoms with E-state index in [1.807, 2.05) is 35.2 Å². The van der Waals surface area contributed by atoms with E-state index < -0.39 is 14.2 Å². The molecule has 9 heteroatoms. The minimum Gasteiger partial charge on any atom is -0.491 e. The number of methoxy groups -OCH3 is 1. The van der Waals surface area contributed by atoms with Crippen molar-refractivity contribution in [3.05, 3.63) is 54.6 Å². The molecule has 0 aliphatic carbocycles. The van der Waals surface area contributed by atoms with Crippen molar-refractivity contribution >= 4 is 27.6 Å². The minimum absolute atomic E-state index is 0.0953. The average molecular weight is 421 g/mol. The molecule has 0 aromatic heterocycles. The number of piperazine rings is 1. The third-order valence-corrected chi connectivity index (χ3v) is 6.68. The molecule has 156 valence electrons. The topological polar surface area (TPSA) is 95.9 Å². The van der Waals surface area contributed by atoms with Gasteiger partial charge in [-0.05, 0) is 18.2 Å². The van der Waals surface area contributed by atoms with Crippen LogP contribution in [0.1, 0.15) is 6.42 Å². The van der Waals surface area contributed by atoms with Gasteiger partial charge < -0.3 is 10.1 Å². The molecule has 0 radical (unpaired) electrons. The van der Waals surface area contributed by atoms with Gasteiger partial charge in [0, 0.05) is 37.8 Å². The quantitative estimate of drug-likeness (QED) is 0.526. The van der Waals surface area contributed by atoms with Crippen LogP contribution in [-0.4, -0.2) is 63.6 Å². The lowest BCUT2D eigenvalue weighted by Crippen LogP contribution is -2.63. The van der Waals surface area contributed by atoms with Crippen molar-refractivity contribution in [2.24, 2.45) is 0 Å². The number of nitrogens with zero attached hydrogens (tertiary/aromatic N) is 2. The van der Waals surface area contributed by atoms with Crippen LogP contribution in [-0.2, 0) is 15.1 Å². The summed E-state index contributed by atoms with van der Waals surface area (Å²) in [5.74, 6) is 0.322. The smallest absolute Gasteiger partial charge is 0.438 e. The molecule has 1 saturated heterocycles. The van der Waals surface area contributed by atoms with Gasteiger partial charge in [-0.3, -0.25) is 9.69 Å². The molecule has 1 fully saturated rings. The maximum absolute atomic E-state index is 12.3. The molecule has 1 heterocycles. The van der Waals surface area contributed by atoms with Gasteiger partial charge in [0.25, 0.3) is 0 Å². The summed E-state index contributed by atoms with van der Waals surface area (Å²) < 4.78 is 39.5. The van der Waals surface area contributed by atoms with Gasteiger partial charge in [0.05, 0.1) is 7.11 Å². The van der Waals surface area contributed by atoms with Crippen LogP contribution in [0.5, 0.6) is 5.75 Å². The molecule has 8 nitrogen and oxygen atoms in total. The van der Waals surface area contributed by atoms with Crippen LogP contribution in [0, 0.1) is 0 Å². The molecule has 0 atom stereocenters. The molecule has 3 rings (SSSR count). The van der Waals surface area contributed by atoms with E-state index in [1.165, 1.54) is 7.11 Å². The van der Waals surface area contributed by atoms with Gasteiger partial charge in [0.15, 0.2) is 11.4 Å². The van der Waals surface area contributed by atoms with E-state index in [2.05, 4.69) is 5.32 Å². The monoisotopic (exact) mass is 420 g/mol. The van der Waals surface area contributed by atoms with Gasteiger partial charge in [0.2, 0.25) is 5.91 Å². The number of rotatable bonds is 7. The van der Waals surface area contributed by atoms with Crippen molar-refractivity contribution in [1.29, 1.82) is 0 Å². The Bertz CT molecular complexity index is 942. The molecule has 1 aliphatic heterocycles. The van der Waals surface area contributed by atoms with Crippen molar-refractivity contribution in [2.75, 3.05) is 45.2 Å². The molecule has 0 saturated carbocycles. The highest BCUT2D eigenvalue weighted by atomic mass is 32.2. The number of hydrogen-bond acceptors (Lipinski definition) is 5. The Hall–Kier alpha value is -2.46. The van der Waals surface area contributed by atoms with E-state index in [4.69, 9.17) is 4.74 Å². The highest BCUT2D eigenvalue weighted by Crippen LogP contribution is 2.37. The van der Waals surface area contributed by atoms with E-state index in [-0.39, 0.29) is 19.0 Å². The lowest BCUT2D eigenvalue weighted by Gasteiger charge is -2.40. The maximum atomic E-state index is 12.3. The van der Waals surface area contributed by atoms with Crippen LogP contribution in [0.25, 0.3) is 0 Å². The van der Waals surface area contributed by atoms with Crippen molar-refractivity contribution in [2.45, 2.75) is 6.42 Å². The number of para-hydroxylation sites is 3. The fourth-order valence-electron chi connectivity index (χ4n) is 3.62. The number of carbonyl (C=O) groups is 1. The van der Waals surface area contributed by atoms with Crippen LogP contribution in [0.3, 0.4) is 0 Å². The van der Waals surface area contributed by atoms with Crippen molar-refractivity contribution in [3.8, 4) is 5.75 Å². The zero-order valence-electron chi connectivity index (χ0n) is 16.3. The molecule has 2 aromatic rings. The number of carbonyl (C=O) groups excluding carboxylic acids is 1. The maximum Gasteiger partial charge on any atom is 0.438 e. The Kier molecular flexibility index (Phi) is 6.53. The molecule has 29 heavy (non-hydrogen) atoms. The fourth-order valence-corrected chi connectivity index (χ4v) is 4.64. The second kappa shape index (κ2) is 8.91. The second-order valence-corrected chi connectivity index (χ2v) is 8.56. The lowest BCUT2D eigenvalue weighted by molar-refractivity contribution is -0.116. The van der Waals surface area contributed by atoms with Gasteiger partial charge in [-0.2, -0.15) is 3.89 Å². The predicted octanol–water partition coefficient (Wildman–Crippen LogP) is 2.15. The highest BCUT2D eigenvalue weighted by molar-refractivity contribution is 7.85. The summed E-state index contributed by atoms with van der Waals surface area (Å²) in [6.45, 7) is 1.70. The van der Waals surface area contributed by atoms with E-state index in [0.29, 0.717) is 37.5 Å². The molecule has 1 aliphatic rings. The Balaban J connectivity index is 1.64. The summed E-state index contributed by atoms with van der Waals surface area (Å²) in [6, 6.07) is 16.1. The summed E-state index contributed by atoms with van der Waals surface area (Å²) in [4.78, 5) is 14.2. The van der Waals surface area contributed by atoms with E-state index in [0.717, 1.165) is 5.69 Å². The molecule has 0 unspecified atom stereocenters.